The van der Waals surface area contributed by atoms with E-state index in [1.54, 1.807) is 6.08 Å². The summed E-state index contributed by atoms with van der Waals surface area (Å²) in [6.45, 7) is 2.80. The van der Waals surface area contributed by atoms with Gasteiger partial charge in [-0.1, -0.05) is 49.4 Å². The molecular weight excluding hydrogens is 280 g/mol. The number of carbonyl (C=O) groups is 1. The molecule has 0 aliphatic carbocycles. The van der Waals surface area contributed by atoms with E-state index in [9.17, 15) is 4.79 Å². The molecule has 0 saturated heterocycles. The van der Waals surface area contributed by atoms with Gasteiger partial charge in [0.15, 0.2) is 5.11 Å². The van der Waals surface area contributed by atoms with E-state index in [1.807, 2.05) is 37.3 Å². The molecule has 2 aromatic carbocycles. The quantitative estimate of drug-likeness (QED) is 0.672. The van der Waals surface area contributed by atoms with E-state index in [0.717, 1.165) is 29.3 Å². The Morgan fingerprint density at radius 1 is 1.19 bits per heavy atom. The lowest BCUT2D eigenvalue weighted by Crippen LogP contribution is -2.38. The van der Waals surface area contributed by atoms with Crippen LogP contribution in [-0.4, -0.2) is 17.6 Å². The first kappa shape index (κ1) is 15.2. The second kappa shape index (κ2) is 7.55. The third-order valence-corrected chi connectivity index (χ3v) is 3.26. The summed E-state index contributed by atoms with van der Waals surface area (Å²) in [5.74, 6) is -0.225. The largest absolute Gasteiger partial charge is 0.362 e. The van der Waals surface area contributed by atoms with E-state index in [1.165, 1.54) is 6.08 Å². The summed E-state index contributed by atoms with van der Waals surface area (Å²) in [5, 5.41) is 8.22. The molecule has 0 aliphatic rings. The Balaban J connectivity index is 2.06. The molecule has 4 heteroatoms. The molecule has 3 nitrogen and oxygen atoms in total. The third-order valence-electron chi connectivity index (χ3n) is 3.01. The van der Waals surface area contributed by atoms with Crippen molar-refractivity contribution < 1.29 is 4.79 Å². The normalized spacial score (nSPS) is 10.7. The standard InChI is InChI=1S/C17H18N2OS/c1-2-12-18-17(21)19-16(20)11-10-14-8-5-7-13-6-3-4-9-15(13)14/h3-11H,2,12H2,1H3,(H2,18,19,20,21). The molecule has 0 aromatic heterocycles. The van der Waals surface area contributed by atoms with Gasteiger partial charge >= 0.3 is 0 Å². The molecule has 0 saturated carbocycles. The van der Waals surface area contributed by atoms with Crippen LogP contribution in [0.15, 0.2) is 48.5 Å². The van der Waals surface area contributed by atoms with E-state index >= 15 is 0 Å². The van der Waals surface area contributed by atoms with Gasteiger partial charge in [0.2, 0.25) is 5.91 Å². The molecule has 2 N–H and O–H groups in total. The van der Waals surface area contributed by atoms with Gasteiger partial charge < -0.3 is 5.32 Å². The maximum absolute atomic E-state index is 11.8. The average Bonchev–Trinajstić information content (AvgIpc) is 2.51. The molecule has 0 fully saturated rings. The predicted octanol–water partition coefficient (Wildman–Crippen LogP) is 3.25. The van der Waals surface area contributed by atoms with Crippen LogP contribution in [0.5, 0.6) is 0 Å². The number of thiocarbonyl (C=S) groups is 1. The second-order valence-electron chi connectivity index (χ2n) is 4.65. The predicted molar refractivity (Wildman–Crippen MR) is 92.0 cm³/mol. The summed E-state index contributed by atoms with van der Waals surface area (Å²) in [4.78, 5) is 11.8. The molecule has 0 aliphatic heterocycles. The Bertz CT molecular complexity index is 674. The van der Waals surface area contributed by atoms with E-state index < -0.39 is 0 Å². The van der Waals surface area contributed by atoms with E-state index in [4.69, 9.17) is 12.2 Å². The first-order chi connectivity index (χ1) is 10.2. The van der Waals surface area contributed by atoms with Crippen molar-refractivity contribution in [2.75, 3.05) is 6.54 Å². The highest BCUT2D eigenvalue weighted by Crippen LogP contribution is 2.19. The summed E-state index contributed by atoms with van der Waals surface area (Å²) in [6, 6.07) is 14.1. The minimum absolute atomic E-state index is 0.225. The zero-order chi connectivity index (χ0) is 15.1. The Hall–Kier alpha value is -2.20. The van der Waals surface area contributed by atoms with Gasteiger partial charge in [0, 0.05) is 12.6 Å². The van der Waals surface area contributed by atoms with Crippen LogP contribution in [0.2, 0.25) is 0 Å². The van der Waals surface area contributed by atoms with Crippen LogP contribution in [0.3, 0.4) is 0 Å². The molecule has 0 heterocycles. The number of carbonyl (C=O) groups excluding carboxylic acids is 1. The minimum atomic E-state index is -0.225. The summed E-state index contributed by atoms with van der Waals surface area (Å²) in [7, 11) is 0. The lowest BCUT2D eigenvalue weighted by molar-refractivity contribution is -0.115. The highest BCUT2D eigenvalue weighted by atomic mass is 32.1. The van der Waals surface area contributed by atoms with Crippen molar-refractivity contribution in [3.8, 4) is 0 Å². The van der Waals surface area contributed by atoms with Crippen molar-refractivity contribution >= 4 is 40.1 Å². The molecule has 0 spiro atoms. The highest BCUT2D eigenvalue weighted by molar-refractivity contribution is 7.80. The third kappa shape index (κ3) is 4.39. The summed E-state index contributed by atoms with van der Waals surface area (Å²) in [5.41, 5.74) is 1.01. The van der Waals surface area contributed by atoms with Gasteiger partial charge in [-0.15, -0.1) is 0 Å². The number of hydrogen-bond donors (Lipinski definition) is 2. The van der Waals surface area contributed by atoms with Gasteiger partial charge in [0.05, 0.1) is 0 Å². The van der Waals surface area contributed by atoms with Crippen molar-refractivity contribution in [1.29, 1.82) is 0 Å². The van der Waals surface area contributed by atoms with Gasteiger partial charge in [-0.05, 0) is 41.1 Å². The first-order valence-corrected chi connectivity index (χ1v) is 7.36. The lowest BCUT2D eigenvalue weighted by atomic mass is 10.0. The Morgan fingerprint density at radius 2 is 1.95 bits per heavy atom. The SMILES string of the molecule is CCCNC(=S)NC(=O)C=Cc1cccc2ccccc12. The van der Waals surface area contributed by atoms with Crippen molar-refractivity contribution in [2.24, 2.45) is 0 Å². The maximum Gasteiger partial charge on any atom is 0.250 e. The van der Waals surface area contributed by atoms with Crippen molar-refractivity contribution in [2.45, 2.75) is 13.3 Å². The fourth-order valence-corrected chi connectivity index (χ4v) is 2.20. The second-order valence-corrected chi connectivity index (χ2v) is 5.06. The zero-order valence-electron chi connectivity index (χ0n) is 11.9. The molecular formula is C17H18N2OS. The Morgan fingerprint density at radius 3 is 2.76 bits per heavy atom. The maximum atomic E-state index is 11.8. The van der Waals surface area contributed by atoms with Crippen LogP contribution < -0.4 is 10.6 Å². The first-order valence-electron chi connectivity index (χ1n) is 6.95. The molecule has 0 radical (unpaired) electrons. The molecule has 1 amide bonds. The Kier molecular flexibility index (Phi) is 5.46. The topological polar surface area (TPSA) is 41.1 Å². The molecule has 0 atom stereocenters. The van der Waals surface area contributed by atoms with Gasteiger partial charge in [0.25, 0.3) is 0 Å². The van der Waals surface area contributed by atoms with Crippen molar-refractivity contribution in [3.05, 3.63) is 54.1 Å². The Labute approximate surface area is 130 Å². The summed E-state index contributed by atoms with van der Waals surface area (Å²) in [6.07, 6.45) is 4.27. The van der Waals surface area contributed by atoms with Crippen LogP contribution in [0.25, 0.3) is 16.8 Å². The number of fused-ring (bicyclic) bond motifs is 1. The van der Waals surface area contributed by atoms with Crippen molar-refractivity contribution in [1.82, 2.24) is 10.6 Å². The number of nitrogens with one attached hydrogen (secondary N) is 2. The molecule has 2 aromatic rings. The van der Waals surface area contributed by atoms with Gasteiger partial charge in [-0.25, -0.2) is 0 Å². The lowest BCUT2D eigenvalue weighted by Gasteiger charge is -2.06. The zero-order valence-corrected chi connectivity index (χ0v) is 12.7. The molecule has 108 valence electrons. The van der Waals surface area contributed by atoms with Gasteiger partial charge in [0.1, 0.15) is 0 Å². The van der Waals surface area contributed by atoms with Crippen LogP contribution in [0.1, 0.15) is 18.9 Å². The number of benzene rings is 2. The van der Waals surface area contributed by atoms with Crippen LogP contribution in [0, 0.1) is 0 Å². The molecule has 21 heavy (non-hydrogen) atoms. The minimum Gasteiger partial charge on any atom is -0.362 e. The smallest absolute Gasteiger partial charge is 0.250 e. The van der Waals surface area contributed by atoms with E-state index in [2.05, 4.69) is 22.8 Å². The monoisotopic (exact) mass is 298 g/mol. The van der Waals surface area contributed by atoms with E-state index in [-0.39, 0.29) is 5.91 Å². The number of rotatable bonds is 4. The molecule has 2 rings (SSSR count). The number of amides is 1. The molecule has 0 unspecified atom stereocenters. The van der Waals surface area contributed by atoms with Gasteiger partial charge in [-0.2, -0.15) is 0 Å². The molecule has 0 bridgehead atoms. The summed E-state index contributed by atoms with van der Waals surface area (Å²) >= 11 is 5.03. The van der Waals surface area contributed by atoms with Crippen LogP contribution >= 0.6 is 12.2 Å². The van der Waals surface area contributed by atoms with Crippen molar-refractivity contribution in [3.63, 3.8) is 0 Å². The van der Waals surface area contributed by atoms with Crippen LogP contribution in [0.4, 0.5) is 0 Å². The fourth-order valence-electron chi connectivity index (χ4n) is 2.00. The highest BCUT2D eigenvalue weighted by Gasteiger charge is 2.01. The van der Waals surface area contributed by atoms with Gasteiger partial charge in [-0.3, -0.25) is 10.1 Å². The van der Waals surface area contributed by atoms with Crippen LogP contribution in [-0.2, 0) is 4.79 Å². The van der Waals surface area contributed by atoms with E-state index in [0.29, 0.717) is 5.11 Å². The average molecular weight is 298 g/mol. The fraction of sp³-hybridized carbons (Fsp3) is 0.176. The summed E-state index contributed by atoms with van der Waals surface area (Å²) < 4.78 is 0. The number of hydrogen-bond acceptors (Lipinski definition) is 2.